The zero-order valence-electron chi connectivity index (χ0n) is 17.9. The van der Waals surface area contributed by atoms with E-state index < -0.39 is 6.61 Å². The number of aliphatic imine (C=N–C) groups is 1. The number of ether oxygens (including phenoxy) is 4. The smallest absolute Gasteiger partial charge is 0.387 e. The molecule has 0 saturated carbocycles. The minimum Gasteiger partial charge on any atom is -0.496 e. The van der Waals surface area contributed by atoms with Crippen molar-refractivity contribution >= 4 is 29.9 Å². The highest BCUT2D eigenvalue weighted by Gasteiger charge is 2.14. The fourth-order valence-corrected chi connectivity index (χ4v) is 2.78. The first-order valence-electron chi connectivity index (χ1n) is 9.36. The van der Waals surface area contributed by atoms with Crippen LogP contribution < -0.4 is 29.6 Å². The molecule has 0 atom stereocenters. The molecule has 0 fully saturated rings. The van der Waals surface area contributed by atoms with Gasteiger partial charge in [0.15, 0.2) is 5.96 Å². The van der Waals surface area contributed by atoms with Gasteiger partial charge in [-0.15, -0.1) is 24.0 Å². The van der Waals surface area contributed by atoms with Crippen LogP contribution in [0.2, 0.25) is 0 Å². The standard InChI is InChI=1S/C21H27F2N3O4.HI/c1-5-24-21(25-12-14-8-6-7-9-17(14)30-20(22)23)26-13-16-18(28-3)10-15(27-2)11-19(16)29-4;/h6-11,20H,5,12-13H2,1-4H3,(H2,24,25,26);1H. The second kappa shape index (κ2) is 13.7. The zero-order chi connectivity index (χ0) is 21.9. The number of methoxy groups -OCH3 is 3. The van der Waals surface area contributed by atoms with Gasteiger partial charge in [0.05, 0.1) is 40.0 Å². The lowest BCUT2D eigenvalue weighted by Gasteiger charge is -2.17. The van der Waals surface area contributed by atoms with E-state index in [2.05, 4.69) is 20.4 Å². The van der Waals surface area contributed by atoms with Crippen LogP contribution in [0, 0.1) is 0 Å². The quantitative estimate of drug-likeness (QED) is 0.262. The number of halogens is 3. The Balaban J connectivity index is 0.00000480. The average Bonchev–Trinajstić information content (AvgIpc) is 2.75. The number of guanidine groups is 1. The summed E-state index contributed by atoms with van der Waals surface area (Å²) in [6.07, 6.45) is 0. The molecular weight excluding hydrogens is 523 g/mol. The van der Waals surface area contributed by atoms with Crippen molar-refractivity contribution in [2.24, 2.45) is 4.99 Å². The van der Waals surface area contributed by atoms with E-state index in [1.807, 2.05) is 6.92 Å². The lowest BCUT2D eigenvalue weighted by molar-refractivity contribution is -0.0504. The Hall–Kier alpha value is -2.50. The van der Waals surface area contributed by atoms with Crippen molar-refractivity contribution < 1.29 is 27.7 Å². The van der Waals surface area contributed by atoms with Gasteiger partial charge in [-0.25, -0.2) is 4.99 Å². The van der Waals surface area contributed by atoms with E-state index in [9.17, 15) is 8.78 Å². The first-order valence-corrected chi connectivity index (χ1v) is 9.36. The lowest BCUT2D eigenvalue weighted by Crippen LogP contribution is -2.37. The van der Waals surface area contributed by atoms with E-state index in [-0.39, 0.29) is 36.3 Å². The molecule has 0 aromatic heterocycles. The highest BCUT2D eigenvalue weighted by molar-refractivity contribution is 14.0. The summed E-state index contributed by atoms with van der Waals surface area (Å²) in [5.41, 5.74) is 1.34. The molecule has 2 rings (SSSR count). The molecule has 2 aromatic carbocycles. The monoisotopic (exact) mass is 551 g/mol. The van der Waals surface area contributed by atoms with E-state index in [1.165, 1.54) is 6.07 Å². The van der Waals surface area contributed by atoms with E-state index in [0.717, 1.165) is 5.56 Å². The van der Waals surface area contributed by atoms with Crippen molar-refractivity contribution in [3.63, 3.8) is 0 Å². The fraction of sp³-hybridized carbons (Fsp3) is 0.381. The fourth-order valence-electron chi connectivity index (χ4n) is 2.78. The first-order chi connectivity index (χ1) is 14.5. The molecule has 0 aliphatic carbocycles. The normalized spacial score (nSPS) is 10.9. The number of para-hydroxylation sites is 1. The summed E-state index contributed by atoms with van der Waals surface area (Å²) in [4.78, 5) is 4.47. The molecule has 0 aliphatic heterocycles. The van der Waals surface area contributed by atoms with Gasteiger partial charge in [-0.2, -0.15) is 8.78 Å². The van der Waals surface area contributed by atoms with E-state index in [0.29, 0.717) is 41.9 Å². The molecule has 31 heavy (non-hydrogen) atoms. The third kappa shape index (κ3) is 7.93. The topological polar surface area (TPSA) is 73.3 Å². The second-order valence-electron chi connectivity index (χ2n) is 6.05. The van der Waals surface area contributed by atoms with Crippen LogP contribution in [-0.2, 0) is 13.1 Å². The third-order valence-corrected chi connectivity index (χ3v) is 4.19. The molecule has 0 bridgehead atoms. The van der Waals surface area contributed by atoms with Gasteiger partial charge in [-0.05, 0) is 13.0 Å². The Morgan fingerprint density at radius 3 is 2.16 bits per heavy atom. The SMILES string of the molecule is CCNC(=NCc1ccccc1OC(F)F)NCc1c(OC)cc(OC)cc1OC.I. The number of nitrogens with zero attached hydrogens (tertiary/aromatic N) is 1. The van der Waals surface area contributed by atoms with E-state index in [4.69, 9.17) is 14.2 Å². The van der Waals surface area contributed by atoms with Crippen LogP contribution in [0.1, 0.15) is 18.1 Å². The molecular formula is C21H28F2IN3O4. The minimum absolute atomic E-state index is 0. The predicted molar refractivity (Wildman–Crippen MR) is 126 cm³/mol. The maximum atomic E-state index is 12.6. The summed E-state index contributed by atoms with van der Waals surface area (Å²) in [6.45, 7) is 0.181. The van der Waals surface area contributed by atoms with Crippen LogP contribution in [0.15, 0.2) is 41.4 Å². The van der Waals surface area contributed by atoms with E-state index in [1.54, 1.807) is 51.7 Å². The van der Waals surface area contributed by atoms with Crippen LogP contribution in [0.3, 0.4) is 0 Å². The molecule has 172 valence electrons. The maximum absolute atomic E-state index is 12.6. The van der Waals surface area contributed by atoms with Crippen molar-refractivity contribution in [2.75, 3.05) is 27.9 Å². The molecule has 0 amide bonds. The molecule has 0 aliphatic rings. The van der Waals surface area contributed by atoms with Crippen molar-refractivity contribution in [3.05, 3.63) is 47.5 Å². The van der Waals surface area contributed by atoms with Crippen LogP contribution >= 0.6 is 24.0 Å². The highest BCUT2D eigenvalue weighted by atomic mass is 127. The summed E-state index contributed by atoms with van der Waals surface area (Å²) in [7, 11) is 4.70. The van der Waals surface area contributed by atoms with Crippen molar-refractivity contribution in [3.8, 4) is 23.0 Å². The molecule has 0 saturated heterocycles. The van der Waals surface area contributed by atoms with Crippen LogP contribution in [0.4, 0.5) is 8.78 Å². The summed E-state index contributed by atoms with van der Waals surface area (Å²) >= 11 is 0. The molecule has 0 spiro atoms. The first kappa shape index (κ1) is 26.5. The molecule has 7 nitrogen and oxygen atoms in total. The predicted octanol–water partition coefficient (Wildman–Crippen LogP) is 4.19. The Bertz CT molecular complexity index is 828. The maximum Gasteiger partial charge on any atom is 0.387 e. The largest absolute Gasteiger partial charge is 0.496 e. The number of hydrogen-bond acceptors (Lipinski definition) is 5. The molecule has 2 N–H and O–H groups in total. The molecule has 2 aromatic rings. The van der Waals surface area contributed by atoms with Crippen LogP contribution in [-0.4, -0.2) is 40.4 Å². The molecule has 10 heteroatoms. The lowest BCUT2D eigenvalue weighted by atomic mass is 10.1. The van der Waals surface area contributed by atoms with Crippen LogP contribution in [0.25, 0.3) is 0 Å². The van der Waals surface area contributed by atoms with Gasteiger partial charge in [0.2, 0.25) is 0 Å². The van der Waals surface area contributed by atoms with E-state index >= 15 is 0 Å². The summed E-state index contributed by atoms with van der Waals surface area (Å²) < 4.78 is 46.0. The summed E-state index contributed by atoms with van der Waals surface area (Å²) in [5, 5.41) is 6.33. The zero-order valence-corrected chi connectivity index (χ0v) is 20.2. The average molecular weight is 551 g/mol. The Labute approximate surface area is 198 Å². The van der Waals surface area contributed by atoms with Gasteiger partial charge in [0.1, 0.15) is 23.0 Å². The van der Waals surface area contributed by atoms with Crippen molar-refractivity contribution in [1.82, 2.24) is 10.6 Å². The number of benzene rings is 2. The van der Waals surface area contributed by atoms with Gasteiger partial charge >= 0.3 is 6.61 Å². The third-order valence-electron chi connectivity index (χ3n) is 4.19. The number of nitrogens with one attached hydrogen (secondary N) is 2. The summed E-state index contributed by atoms with van der Waals surface area (Å²) in [5.74, 6) is 2.42. The number of rotatable bonds is 10. The van der Waals surface area contributed by atoms with Gasteiger partial charge in [-0.1, -0.05) is 18.2 Å². The van der Waals surface area contributed by atoms with Gasteiger partial charge in [0.25, 0.3) is 0 Å². The number of hydrogen-bond donors (Lipinski definition) is 2. The highest BCUT2D eigenvalue weighted by Crippen LogP contribution is 2.33. The number of alkyl halides is 2. The summed E-state index contributed by atoms with van der Waals surface area (Å²) in [6, 6.07) is 10.1. The van der Waals surface area contributed by atoms with Gasteiger partial charge < -0.3 is 29.6 Å². The van der Waals surface area contributed by atoms with Crippen molar-refractivity contribution in [1.29, 1.82) is 0 Å². The van der Waals surface area contributed by atoms with Gasteiger partial charge in [-0.3, -0.25) is 0 Å². The Morgan fingerprint density at radius 1 is 0.968 bits per heavy atom. The molecule has 0 radical (unpaired) electrons. The second-order valence-corrected chi connectivity index (χ2v) is 6.05. The van der Waals surface area contributed by atoms with Crippen LogP contribution in [0.5, 0.6) is 23.0 Å². The molecule has 0 unspecified atom stereocenters. The minimum atomic E-state index is -2.89. The Kier molecular flexibility index (Phi) is 11.8. The van der Waals surface area contributed by atoms with Crippen molar-refractivity contribution in [2.45, 2.75) is 26.6 Å². The van der Waals surface area contributed by atoms with Gasteiger partial charge in [0, 0.05) is 24.2 Å². The Morgan fingerprint density at radius 2 is 1.61 bits per heavy atom. The molecule has 0 heterocycles.